The molecule has 29 heavy (non-hydrogen) atoms. The molecule has 2 atom stereocenters. The molecule has 0 radical (unpaired) electrons. The van der Waals surface area contributed by atoms with Gasteiger partial charge in [-0.3, -0.25) is 0 Å². The lowest BCUT2D eigenvalue weighted by atomic mass is 10.0. The Labute approximate surface area is 169 Å². The van der Waals surface area contributed by atoms with Crippen LogP contribution in [-0.4, -0.2) is 25.1 Å². The second kappa shape index (κ2) is 8.61. The Kier molecular flexibility index (Phi) is 5.56. The Hall–Kier alpha value is -3.60. The predicted molar refractivity (Wildman–Crippen MR) is 110 cm³/mol. The van der Waals surface area contributed by atoms with Crippen LogP contribution < -0.4 is 4.74 Å². The molecule has 0 N–H and O–H groups in total. The summed E-state index contributed by atoms with van der Waals surface area (Å²) in [6.45, 7) is 0.158. The van der Waals surface area contributed by atoms with E-state index in [9.17, 15) is 4.79 Å². The highest BCUT2D eigenvalue weighted by atomic mass is 16.6. The van der Waals surface area contributed by atoms with Crippen molar-refractivity contribution in [2.24, 2.45) is 4.99 Å². The van der Waals surface area contributed by atoms with E-state index in [0.717, 1.165) is 22.4 Å². The summed E-state index contributed by atoms with van der Waals surface area (Å²) in [5.41, 5.74) is 2.61. The highest BCUT2D eigenvalue weighted by molar-refractivity contribution is 5.98. The quantitative estimate of drug-likeness (QED) is 0.591. The number of carbonyl (C=O) groups excluding carboxylic acids is 1. The molecule has 0 saturated carbocycles. The Morgan fingerprint density at radius 1 is 0.931 bits per heavy atom. The minimum atomic E-state index is -0.828. The Morgan fingerprint density at radius 3 is 2.24 bits per heavy atom. The van der Waals surface area contributed by atoms with Crippen molar-refractivity contribution >= 4 is 11.9 Å². The van der Waals surface area contributed by atoms with E-state index in [1.165, 1.54) is 0 Å². The molecule has 0 unspecified atom stereocenters. The van der Waals surface area contributed by atoms with E-state index in [4.69, 9.17) is 14.2 Å². The molecule has 4 rings (SSSR count). The predicted octanol–water partition coefficient (Wildman–Crippen LogP) is 4.33. The maximum Gasteiger partial charge on any atom is 0.350 e. The molecule has 1 aliphatic rings. The second-order valence-corrected chi connectivity index (χ2v) is 6.65. The van der Waals surface area contributed by atoms with Gasteiger partial charge < -0.3 is 14.2 Å². The number of aliphatic imine (C=N–C) groups is 1. The summed E-state index contributed by atoms with van der Waals surface area (Å²) >= 11 is 0. The third-order valence-electron chi connectivity index (χ3n) is 4.72. The van der Waals surface area contributed by atoms with Crippen LogP contribution in [0.1, 0.15) is 22.7 Å². The van der Waals surface area contributed by atoms with E-state index in [2.05, 4.69) is 4.99 Å². The van der Waals surface area contributed by atoms with Gasteiger partial charge in [-0.1, -0.05) is 60.7 Å². The molecule has 1 aliphatic heterocycles. The number of hydrogen-bond donors (Lipinski definition) is 0. The molecule has 0 bridgehead atoms. The Morgan fingerprint density at radius 2 is 1.59 bits per heavy atom. The van der Waals surface area contributed by atoms with Crippen LogP contribution in [0.15, 0.2) is 89.9 Å². The minimum absolute atomic E-state index is 0.158. The van der Waals surface area contributed by atoms with Crippen molar-refractivity contribution in [3.05, 3.63) is 102 Å². The standard InChI is InChI=1S/C24H21NO4/c1-27-20-14-12-17(13-15-20)16-28-24(26)22-21(18-8-4-2-5-9-18)25-23(29-22)19-10-6-3-7-11-19/h2-15,21-22H,16H2,1H3/t21-,22-/m0/s1. The number of esters is 1. The third kappa shape index (κ3) is 4.29. The highest BCUT2D eigenvalue weighted by Gasteiger charge is 2.39. The van der Waals surface area contributed by atoms with E-state index in [-0.39, 0.29) is 6.61 Å². The molecule has 146 valence electrons. The van der Waals surface area contributed by atoms with Gasteiger partial charge in [-0.2, -0.15) is 0 Å². The van der Waals surface area contributed by atoms with Gasteiger partial charge in [0, 0.05) is 5.56 Å². The zero-order chi connectivity index (χ0) is 20.1. The summed E-state index contributed by atoms with van der Waals surface area (Å²) in [5.74, 6) is 0.763. The van der Waals surface area contributed by atoms with Crippen molar-refractivity contribution in [2.45, 2.75) is 18.8 Å². The lowest BCUT2D eigenvalue weighted by Crippen LogP contribution is -2.29. The number of carbonyl (C=O) groups is 1. The van der Waals surface area contributed by atoms with Crippen LogP contribution >= 0.6 is 0 Å². The summed E-state index contributed by atoms with van der Waals surface area (Å²) in [6.07, 6.45) is -0.828. The van der Waals surface area contributed by atoms with Gasteiger partial charge in [0.05, 0.1) is 7.11 Å². The van der Waals surface area contributed by atoms with Crippen LogP contribution in [-0.2, 0) is 20.9 Å². The van der Waals surface area contributed by atoms with E-state index < -0.39 is 18.1 Å². The molecule has 0 spiro atoms. The van der Waals surface area contributed by atoms with Crippen molar-refractivity contribution in [3.63, 3.8) is 0 Å². The van der Waals surface area contributed by atoms with Crippen molar-refractivity contribution in [3.8, 4) is 5.75 Å². The lowest BCUT2D eigenvalue weighted by molar-refractivity contribution is -0.154. The van der Waals surface area contributed by atoms with Gasteiger partial charge in [-0.05, 0) is 35.4 Å². The van der Waals surface area contributed by atoms with E-state index >= 15 is 0 Å². The molecule has 1 heterocycles. The van der Waals surface area contributed by atoms with Crippen molar-refractivity contribution in [1.29, 1.82) is 0 Å². The average molecular weight is 387 g/mol. The molecule has 3 aromatic rings. The van der Waals surface area contributed by atoms with Crippen LogP contribution in [0.3, 0.4) is 0 Å². The minimum Gasteiger partial charge on any atom is -0.497 e. The van der Waals surface area contributed by atoms with Gasteiger partial charge >= 0.3 is 5.97 Å². The normalized spacial score (nSPS) is 17.9. The number of methoxy groups -OCH3 is 1. The van der Waals surface area contributed by atoms with Gasteiger partial charge in [0.1, 0.15) is 18.4 Å². The van der Waals surface area contributed by atoms with E-state index in [1.807, 2.05) is 84.9 Å². The van der Waals surface area contributed by atoms with Crippen LogP contribution in [0.2, 0.25) is 0 Å². The second-order valence-electron chi connectivity index (χ2n) is 6.65. The Bertz CT molecular complexity index is 984. The first-order valence-electron chi connectivity index (χ1n) is 9.39. The largest absolute Gasteiger partial charge is 0.497 e. The number of hydrogen-bond acceptors (Lipinski definition) is 5. The fourth-order valence-corrected chi connectivity index (χ4v) is 3.17. The highest BCUT2D eigenvalue weighted by Crippen LogP contribution is 2.32. The van der Waals surface area contributed by atoms with Gasteiger partial charge in [0.25, 0.3) is 0 Å². The zero-order valence-corrected chi connectivity index (χ0v) is 16.0. The zero-order valence-electron chi connectivity index (χ0n) is 16.0. The summed E-state index contributed by atoms with van der Waals surface area (Å²) in [5, 5.41) is 0. The molecule has 0 aliphatic carbocycles. The van der Waals surface area contributed by atoms with Crippen LogP contribution in [0.4, 0.5) is 0 Å². The summed E-state index contributed by atoms with van der Waals surface area (Å²) in [7, 11) is 1.61. The van der Waals surface area contributed by atoms with Crippen molar-refractivity contribution in [1.82, 2.24) is 0 Å². The smallest absolute Gasteiger partial charge is 0.350 e. The fourth-order valence-electron chi connectivity index (χ4n) is 3.17. The van der Waals surface area contributed by atoms with Gasteiger partial charge in [0.15, 0.2) is 0 Å². The molecule has 5 nitrogen and oxygen atoms in total. The van der Waals surface area contributed by atoms with Crippen LogP contribution in [0, 0.1) is 0 Å². The first kappa shape index (κ1) is 18.7. The molecule has 5 heteroatoms. The van der Waals surface area contributed by atoms with Gasteiger partial charge in [0.2, 0.25) is 12.0 Å². The number of nitrogens with zero attached hydrogens (tertiary/aromatic N) is 1. The molecular formula is C24H21NO4. The topological polar surface area (TPSA) is 57.1 Å². The summed E-state index contributed by atoms with van der Waals surface area (Å²) in [6, 6.07) is 26.2. The molecule has 0 amide bonds. The number of benzene rings is 3. The van der Waals surface area contributed by atoms with E-state index in [1.54, 1.807) is 7.11 Å². The first-order valence-corrected chi connectivity index (χ1v) is 9.39. The molecule has 0 aromatic heterocycles. The molecule has 3 aromatic carbocycles. The number of ether oxygens (including phenoxy) is 3. The molecular weight excluding hydrogens is 366 g/mol. The summed E-state index contributed by atoms with van der Waals surface area (Å²) < 4.78 is 16.7. The third-order valence-corrected chi connectivity index (χ3v) is 4.72. The average Bonchev–Trinajstić information content (AvgIpc) is 3.25. The van der Waals surface area contributed by atoms with Gasteiger partial charge in [-0.25, -0.2) is 9.79 Å². The number of rotatable bonds is 6. The van der Waals surface area contributed by atoms with Crippen LogP contribution in [0.5, 0.6) is 5.75 Å². The molecule has 0 fully saturated rings. The maximum absolute atomic E-state index is 12.9. The fraction of sp³-hybridized carbons (Fsp3) is 0.167. The van der Waals surface area contributed by atoms with E-state index in [0.29, 0.717) is 5.90 Å². The van der Waals surface area contributed by atoms with Gasteiger partial charge in [-0.15, -0.1) is 0 Å². The van der Waals surface area contributed by atoms with Crippen LogP contribution in [0.25, 0.3) is 0 Å². The first-order chi connectivity index (χ1) is 14.2. The lowest BCUT2D eigenvalue weighted by Gasteiger charge is -2.17. The molecule has 0 saturated heterocycles. The monoisotopic (exact) mass is 387 g/mol. The Balaban J connectivity index is 1.51. The maximum atomic E-state index is 12.9. The van der Waals surface area contributed by atoms with Crippen molar-refractivity contribution in [2.75, 3.05) is 7.11 Å². The van der Waals surface area contributed by atoms with Crippen molar-refractivity contribution < 1.29 is 19.0 Å². The SMILES string of the molecule is COc1ccc(COC(=O)[C@H]2OC(c3ccccc3)=N[C@H]2c2ccccc2)cc1. The summed E-state index contributed by atoms with van der Waals surface area (Å²) in [4.78, 5) is 17.5.